The molecule has 5 rings (SSSR count). The van der Waals surface area contributed by atoms with Gasteiger partial charge >= 0.3 is 0 Å². The molecule has 0 bridgehead atoms. The number of primary amides is 1. The molecule has 2 unspecified atom stereocenters. The van der Waals surface area contributed by atoms with E-state index in [0.29, 0.717) is 18.4 Å². The number of hydrogen-bond acceptors (Lipinski definition) is 5. The minimum absolute atomic E-state index is 0.0969. The molecule has 2 aromatic rings. The van der Waals surface area contributed by atoms with Crippen molar-refractivity contribution in [1.82, 2.24) is 14.1 Å². The van der Waals surface area contributed by atoms with E-state index in [2.05, 4.69) is 6.42 Å². The normalized spacial score (nSPS) is 24.8. The number of halogens is 3. The van der Waals surface area contributed by atoms with Crippen molar-refractivity contribution in [3.05, 3.63) is 70.3 Å². The van der Waals surface area contributed by atoms with E-state index < -0.39 is 58.4 Å². The fraction of sp³-hybridized carbons (Fsp3) is 0.333. The van der Waals surface area contributed by atoms with Crippen LogP contribution in [0.25, 0.3) is 0 Å². The number of hydrogen-bond donors (Lipinski definition) is 1. The zero-order chi connectivity index (χ0) is 26.7. The van der Waals surface area contributed by atoms with Crippen LogP contribution in [0.15, 0.2) is 47.4 Å². The van der Waals surface area contributed by atoms with Crippen LogP contribution in [-0.4, -0.2) is 71.1 Å². The smallest absolute Gasteiger partial charge is 0.261 e. The fourth-order valence-corrected chi connectivity index (χ4v) is 7.29. The highest BCUT2D eigenvalue weighted by Crippen LogP contribution is 2.43. The van der Waals surface area contributed by atoms with Gasteiger partial charge in [0.1, 0.15) is 16.8 Å². The summed E-state index contributed by atoms with van der Waals surface area (Å²) in [6.45, 7) is -1.03. The SMILES string of the molecule is NC(=O)C12CN(C3CC3)C(=O)C(Cc3ccc(F)cc3)N1C(=O)[C]CN2S(=O)(=O)c1ccc(Cl)cc1Cl. The monoisotopic (exact) mass is 566 g/mol. The lowest BCUT2D eigenvalue weighted by molar-refractivity contribution is -0.181. The van der Waals surface area contributed by atoms with Gasteiger partial charge in [-0.05, 0) is 48.7 Å². The first-order valence-electron chi connectivity index (χ1n) is 11.4. The van der Waals surface area contributed by atoms with E-state index in [1.165, 1.54) is 47.4 Å². The van der Waals surface area contributed by atoms with Crippen molar-refractivity contribution in [3.8, 4) is 0 Å². The quantitative estimate of drug-likeness (QED) is 0.571. The van der Waals surface area contributed by atoms with E-state index in [1.807, 2.05) is 0 Å². The molecule has 1 aliphatic carbocycles. The number of nitrogens with zero attached hydrogens (tertiary/aromatic N) is 3. The predicted octanol–water partition coefficient (Wildman–Crippen LogP) is 1.84. The van der Waals surface area contributed by atoms with Crippen molar-refractivity contribution >= 4 is 50.9 Å². The molecule has 2 saturated heterocycles. The summed E-state index contributed by atoms with van der Waals surface area (Å²) in [6.07, 6.45) is 3.67. The van der Waals surface area contributed by atoms with Crippen LogP contribution in [0.4, 0.5) is 4.39 Å². The van der Waals surface area contributed by atoms with Gasteiger partial charge in [-0.3, -0.25) is 14.4 Å². The van der Waals surface area contributed by atoms with Gasteiger partial charge < -0.3 is 15.5 Å². The summed E-state index contributed by atoms with van der Waals surface area (Å²) in [5, 5.41) is 0.00837. The maximum atomic E-state index is 13.9. The number of benzene rings is 2. The highest BCUT2D eigenvalue weighted by Gasteiger charge is 2.65. The largest absolute Gasteiger partial charge is 0.366 e. The zero-order valence-electron chi connectivity index (χ0n) is 19.2. The summed E-state index contributed by atoms with van der Waals surface area (Å²) in [5.74, 6) is -2.90. The molecule has 1 saturated carbocycles. The lowest BCUT2D eigenvalue weighted by atomic mass is 9.90. The lowest BCUT2D eigenvalue weighted by Gasteiger charge is -2.57. The van der Waals surface area contributed by atoms with Crippen molar-refractivity contribution < 1.29 is 27.2 Å². The van der Waals surface area contributed by atoms with Crippen LogP contribution in [-0.2, 0) is 30.8 Å². The number of rotatable bonds is 6. The van der Waals surface area contributed by atoms with Gasteiger partial charge in [-0.2, -0.15) is 4.31 Å². The summed E-state index contributed by atoms with van der Waals surface area (Å²) >= 11 is 12.2. The Labute approximate surface area is 222 Å². The van der Waals surface area contributed by atoms with Crippen molar-refractivity contribution in [1.29, 1.82) is 0 Å². The molecule has 2 N–H and O–H groups in total. The van der Waals surface area contributed by atoms with Gasteiger partial charge in [0.25, 0.3) is 5.91 Å². The van der Waals surface area contributed by atoms with Crippen LogP contribution in [0, 0.1) is 12.2 Å². The minimum atomic E-state index is -4.56. The lowest BCUT2D eigenvalue weighted by Crippen LogP contribution is -2.83. The Morgan fingerprint density at radius 3 is 2.41 bits per heavy atom. The average molecular weight is 567 g/mol. The van der Waals surface area contributed by atoms with E-state index >= 15 is 0 Å². The van der Waals surface area contributed by atoms with Gasteiger partial charge in [0.2, 0.25) is 27.5 Å². The fourth-order valence-electron chi connectivity index (χ4n) is 4.94. The Morgan fingerprint density at radius 1 is 1.14 bits per heavy atom. The standard InChI is InChI=1S/C24H21Cl2FN4O5S/c25-15-3-8-20(18(26)12-15)37(35,36)30-10-9-21(32)31-19(11-14-1-4-16(27)5-2-14)22(33)29(17-6-7-17)13-24(30,31)23(28)34/h1-5,8,12,17,19H,6-7,10-11,13H2,(H2,28,34). The second-order valence-corrected chi connectivity index (χ2v) is 11.8. The van der Waals surface area contributed by atoms with E-state index in [4.69, 9.17) is 28.9 Å². The van der Waals surface area contributed by atoms with Crippen LogP contribution in [0.2, 0.25) is 10.0 Å². The van der Waals surface area contributed by atoms with Crippen molar-refractivity contribution in [2.45, 2.75) is 41.9 Å². The number of piperazine rings is 1. The summed E-state index contributed by atoms with van der Waals surface area (Å²) in [7, 11) is -4.56. The molecule has 0 aromatic heterocycles. The second kappa shape index (κ2) is 9.23. The maximum absolute atomic E-state index is 13.9. The summed E-state index contributed by atoms with van der Waals surface area (Å²) in [5.41, 5.74) is 4.16. The van der Waals surface area contributed by atoms with E-state index in [0.717, 1.165) is 9.21 Å². The molecule has 2 radical (unpaired) electrons. The predicted molar refractivity (Wildman–Crippen MR) is 131 cm³/mol. The van der Waals surface area contributed by atoms with Crippen LogP contribution < -0.4 is 5.73 Å². The Bertz CT molecular complexity index is 1400. The molecule has 2 aliphatic heterocycles. The zero-order valence-corrected chi connectivity index (χ0v) is 21.6. The summed E-state index contributed by atoms with van der Waals surface area (Å²) in [4.78, 5) is 42.1. The number of sulfonamides is 1. The Hall–Kier alpha value is -2.73. The van der Waals surface area contributed by atoms with Crippen molar-refractivity contribution in [2.24, 2.45) is 5.73 Å². The number of carbonyl (C=O) groups is 3. The van der Waals surface area contributed by atoms with Crippen LogP contribution in [0.1, 0.15) is 18.4 Å². The maximum Gasteiger partial charge on any atom is 0.261 e. The highest BCUT2D eigenvalue weighted by atomic mass is 35.5. The first-order valence-corrected chi connectivity index (χ1v) is 13.6. The van der Waals surface area contributed by atoms with Gasteiger partial charge in [0.15, 0.2) is 0 Å². The Balaban J connectivity index is 1.67. The van der Waals surface area contributed by atoms with Gasteiger partial charge in [0.05, 0.1) is 18.0 Å². The van der Waals surface area contributed by atoms with Crippen molar-refractivity contribution in [2.75, 3.05) is 13.1 Å². The van der Waals surface area contributed by atoms with E-state index in [1.54, 1.807) is 0 Å². The molecular weight excluding hydrogens is 546 g/mol. The Morgan fingerprint density at radius 2 is 1.81 bits per heavy atom. The molecule has 9 nitrogen and oxygen atoms in total. The molecule has 3 amide bonds. The molecule has 3 fully saturated rings. The van der Waals surface area contributed by atoms with Crippen LogP contribution >= 0.6 is 23.2 Å². The molecule has 37 heavy (non-hydrogen) atoms. The molecule has 3 aliphatic rings. The highest BCUT2D eigenvalue weighted by molar-refractivity contribution is 7.89. The third-order valence-corrected chi connectivity index (χ3v) is 9.44. The van der Waals surface area contributed by atoms with Crippen molar-refractivity contribution in [3.63, 3.8) is 0 Å². The van der Waals surface area contributed by atoms with Gasteiger partial charge in [-0.15, -0.1) is 0 Å². The minimum Gasteiger partial charge on any atom is -0.366 e. The average Bonchev–Trinajstić information content (AvgIpc) is 3.67. The molecular formula is C24H21Cl2FN4O5S. The van der Waals surface area contributed by atoms with Crippen LogP contribution in [0.5, 0.6) is 0 Å². The van der Waals surface area contributed by atoms with Crippen LogP contribution in [0.3, 0.4) is 0 Å². The van der Waals surface area contributed by atoms with Gasteiger partial charge in [-0.1, -0.05) is 35.3 Å². The van der Waals surface area contributed by atoms with Gasteiger partial charge in [0, 0.05) is 24.0 Å². The molecule has 2 aromatic carbocycles. The first kappa shape index (κ1) is 25.9. The molecule has 13 heteroatoms. The number of fused-ring (bicyclic) bond motifs is 1. The topological polar surface area (TPSA) is 121 Å². The first-order chi connectivity index (χ1) is 17.5. The summed E-state index contributed by atoms with van der Waals surface area (Å²) in [6, 6.07) is 7.57. The molecule has 2 heterocycles. The Kier molecular flexibility index (Phi) is 6.46. The third-order valence-electron chi connectivity index (χ3n) is 6.86. The molecule has 0 spiro atoms. The second-order valence-electron chi connectivity index (χ2n) is 9.16. The van der Waals surface area contributed by atoms with Gasteiger partial charge in [-0.25, -0.2) is 12.8 Å². The number of nitrogens with two attached hydrogens (primary N) is 1. The molecule has 2 atom stereocenters. The third kappa shape index (κ3) is 4.27. The number of carbonyl (C=O) groups excluding carboxylic acids is 3. The van der Waals surface area contributed by atoms with E-state index in [-0.39, 0.29) is 27.4 Å². The summed E-state index contributed by atoms with van der Waals surface area (Å²) < 4.78 is 42.2. The number of amides is 3. The molecule has 194 valence electrons. The van der Waals surface area contributed by atoms with E-state index in [9.17, 15) is 27.2 Å².